The first-order chi connectivity index (χ1) is 10.4. The smallest absolute Gasteiger partial charge is 0.296 e. The quantitative estimate of drug-likeness (QED) is 0.872. The highest BCUT2D eigenvalue weighted by Crippen LogP contribution is 2.39. The Balaban J connectivity index is 1.76. The van der Waals surface area contributed by atoms with Crippen molar-refractivity contribution in [3.8, 4) is 0 Å². The molecular weight excluding hydrogens is 297 g/mol. The minimum atomic E-state index is -2.63. The first kappa shape index (κ1) is 14.9. The molecular formula is C15H15F3N2O2. The van der Waals surface area contributed by atoms with Crippen LogP contribution in [0.3, 0.4) is 0 Å². The van der Waals surface area contributed by atoms with Gasteiger partial charge in [0.15, 0.2) is 5.82 Å². The van der Waals surface area contributed by atoms with Gasteiger partial charge in [-0.05, 0) is 30.0 Å². The van der Waals surface area contributed by atoms with Crippen molar-refractivity contribution in [2.75, 3.05) is 0 Å². The molecule has 0 saturated heterocycles. The molecule has 1 atom stereocenters. The Kier molecular flexibility index (Phi) is 3.80. The molecule has 1 aliphatic carbocycles. The van der Waals surface area contributed by atoms with Crippen molar-refractivity contribution < 1.29 is 17.7 Å². The van der Waals surface area contributed by atoms with E-state index in [9.17, 15) is 18.0 Å². The van der Waals surface area contributed by atoms with E-state index in [1.54, 1.807) is 12.1 Å². The van der Waals surface area contributed by atoms with Gasteiger partial charge in [-0.25, -0.2) is 18.0 Å². The number of aromatic nitrogens is 2. The van der Waals surface area contributed by atoms with Crippen LogP contribution in [0.5, 0.6) is 0 Å². The normalized spacial score (nSPS) is 20.4. The Bertz CT molecular complexity index is 706. The molecule has 1 saturated carbocycles. The molecule has 1 unspecified atom stereocenters. The van der Waals surface area contributed by atoms with Crippen molar-refractivity contribution in [2.45, 2.75) is 38.2 Å². The summed E-state index contributed by atoms with van der Waals surface area (Å²) in [6.45, 7) is 0.182. The van der Waals surface area contributed by atoms with E-state index in [4.69, 9.17) is 0 Å². The largest absolute Gasteiger partial charge is 0.441 e. The fraction of sp³-hybridized carbons (Fsp3) is 0.467. The second-order valence-electron chi connectivity index (χ2n) is 5.75. The summed E-state index contributed by atoms with van der Waals surface area (Å²) in [5, 5.41) is 3.70. The van der Waals surface area contributed by atoms with Gasteiger partial charge in [0.2, 0.25) is 5.92 Å². The molecule has 1 aromatic heterocycles. The van der Waals surface area contributed by atoms with Crippen molar-refractivity contribution in [1.82, 2.24) is 9.72 Å². The Labute approximate surface area is 124 Å². The minimum Gasteiger partial charge on any atom is -0.296 e. The topological polar surface area (TPSA) is 48.0 Å². The number of hydrogen-bond acceptors (Lipinski definition) is 3. The van der Waals surface area contributed by atoms with Gasteiger partial charge in [0.1, 0.15) is 5.82 Å². The van der Waals surface area contributed by atoms with Crippen LogP contribution in [0.4, 0.5) is 13.2 Å². The molecule has 1 fully saturated rings. The van der Waals surface area contributed by atoms with Crippen molar-refractivity contribution in [3.05, 3.63) is 52.0 Å². The summed E-state index contributed by atoms with van der Waals surface area (Å²) in [4.78, 5) is 11.7. The fourth-order valence-electron chi connectivity index (χ4n) is 2.85. The van der Waals surface area contributed by atoms with Crippen LogP contribution in [0, 0.1) is 11.7 Å². The van der Waals surface area contributed by atoms with Crippen LogP contribution in [-0.2, 0) is 13.0 Å². The molecule has 0 spiro atoms. The lowest BCUT2D eigenvalue weighted by Gasteiger charge is -2.10. The molecule has 22 heavy (non-hydrogen) atoms. The lowest BCUT2D eigenvalue weighted by molar-refractivity contribution is 0.00496. The first-order valence-electron chi connectivity index (χ1n) is 7.11. The van der Waals surface area contributed by atoms with Gasteiger partial charge < -0.3 is 0 Å². The highest BCUT2D eigenvalue weighted by molar-refractivity contribution is 5.16. The number of benzene rings is 1. The van der Waals surface area contributed by atoms with E-state index >= 15 is 0 Å². The van der Waals surface area contributed by atoms with Crippen molar-refractivity contribution in [3.63, 3.8) is 0 Å². The number of nitrogens with zero attached hydrogens (tertiary/aromatic N) is 2. The monoisotopic (exact) mass is 312 g/mol. The van der Waals surface area contributed by atoms with Crippen LogP contribution >= 0.6 is 0 Å². The summed E-state index contributed by atoms with van der Waals surface area (Å²) in [6, 6.07) is 5.71. The third-order valence-corrected chi connectivity index (χ3v) is 3.99. The Hall–Kier alpha value is -2.05. The van der Waals surface area contributed by atoms with E-state index in [2.05, 4.69) is 9.68 Å². The highest BCUT2D eigenvalue weighted by atomic mass is 19.3. The van der Waals surface area contributed by atoms with Crippen LogP contribution in [0.15, 0.2) is 33.6 Å². The van der Waals surface area contributed by atoms with Crippen LogP contribution in [0.25, 0.3) is 0 Å². The summed E-state index contributed by atoms with van der Waals surface area (Å²) >= 11 is 0. The molecule has 0 aliphatic heterocycles. The Morgan fingerprint density at radius 1 is 1.32 bits per heavy atom. The Morgan fingerprint density at radius 3 is 2.68 bits per heavy atom. The van der Waals surface area contributed by atoms with Gasteiger partial charge in [-0.3, -0.25) is 9.09 Å². The van der Waals surface area contributed by atoms with Crippen molar-refractivity contribution in [2.24, 2.45) is 5.92 Å². The molecule has 118 valence electrons. The van der Waals surface area contributed by atoms with Gasteiger partial charge in [-0.15, -0.1) is 0 Å². The van der Waals surface area contributed by atoms with Crippen molar-refractivity contribution in [1.29, 1.82) is 0 Å². The molecule has 2 aromatic rings. The molecule has 1 heterocycles. The average molecular weight is 312 g/mol. The molecule has 0 bridgehead atoms. The van der Waals surface area contributed by atoms with Gasteiger partial charge in [0.25, 0.3) is 0 Å². The van der Waals surface area contributed by atoms with Gasteiger partial charge in [-0.1, -0.05) is 17.3 Å². The molecule has 1 aromatic carbocycles. The second-order valence-corrected chi connectivity index (χ2v) is 5.75. The van der Waals surface area contributed by atoms with E-state index in [1.165, 1.54) is 16.7 Å². The molecule has 7 heteroatoms. The molecule has 3 rings (SSSR count). The molecule has 0 radical (unpaired) electrons. The van der Waals surface area contributed by atoms with Gasteiger partial charge in [0, 0.05) is 19.3 Å². The van der Waals surface area contributed by atoms with Crippen LogP contribution in [-0.4, -0.2) is 15.6 Å². The standard InChI is InChI=1S/C15H15F3N2O2/c16-12-3-1-10(2-4-12)9-20-13(19-22-14(20)21)7-11-5-6-15(17,18)8-11/h1-4,11H,5-9H2. The van der Waals surface area contributed by atoms with Crippen LogP contribution in [0.2, 0.25) is 0 Å². The van der Waals surface area contributed by atoms with Crippen LogP contribution < -0.4 is 5.76 Å². The summed E-state index contributed by atoms with van der Waals surface area (Å²) < 4.78 is 45.3. The second kappa shape index (κ2) is 5.62. The zero-order chi connectivity index (χ0) is 15.7. The zero-order valence-electron chi connectivity index (χ0n) is 11.8. The highest BCUT2D eigenvalue weighted by Gasteiger charge is 2.39. The van der Waals surface area contributed by atoms with Gasteiger partial charge in [-0.2, -0.15) is 0 Å². The van der Waals surface area contributed by atoms with E-state index in [-0.39, 0.29) is 37.5 Å². The number of hydrogen-bond donors (Lipinski definition) is 0. The average Bonchev–Trinajstić information content (AvgIpc) is 2.97. The molecule has 0 N–H and O–H groups in total. The van der Waals surface area contributed by atoms with Crippen molar-refractivity contribution >= 4 is 0 Å². The van der Waals surface area contributed by atoms with Crippen LogP contribution in [0.1, 0.15) is 30.7 Å². The lowest BCUT2D eigenvalue weighted by Crippen LogP contribution is -2.20. The number of rotatable bonds is 4. The zero-order valence-corrected chi connectivity index (χ0v) is 11.8. The van der Waals surface area contributed by atoms with E-state index in [1.807, 2.05) is 0 Å². The van der Waals surface area contributed by atoms with Gasteiger partial charge >= 0.3 is 5.76 Å². The predicted molar refractivity (Wildman–Crippen MR) is 72.3 cm³/mol. The van der Waals surface area contributed by atoms with Gasteiger partial charge in [0.05, 0.1) is 6.54 Å². The molecule has 1 aliphatic rings. The predicted octanol–water partition coefficient (Wildman–Crippen LogP) is 3.00. The number of halogens is 3. The van der Waals surface area contributed by atoms with E-state index < -0.39 is 11.7 Å². The lowest BCUT2D eigenvalue weighted by atomic mass is 10.0. The minimum absolute atomic E-state index is 0.127. The SMILES string of the molecule is O=c1onc(CC2CCC(F)(F)C2)n1Cc1ccc(F)cc1. The number of alkyl halides is 2. The van der Waals surface area contributed by atoms with E-state index in [0.717, 1.165) is 0 Å². The fourth-order valence-corrected chi connectivity index (χ4v) is 2.85. The summed E-state index contributed by atoms with van der Waals surface area (Å²) in [7, 11) is 0. The Morgan fingerprint density at radius 2 is 2.05 bits per heavy atom. The maximum atomic E-state index is 13.2. The third-order valence-electron chi connectivity index (χ3n) is 3.99. The summed E-state index contributed by atoms with van der Waals surface area (Å²) in [5.74, 6) is -3.48. The maximum Gasteiger partial charge on any atom is 0.441 e. The van der Waals surface area contributed by atoms with E-state index in [0.29, 0.717) is 17.8 Å². The summed E-state index contributed by atoms with van der Waals surface area (Å²) in [6.07, 6.45) is 0.370. The maximum absolute atomic E-state index is 13.2. The molecule has 4 nitrogen and oxygen atoms in total. The molecule has 0 amide bonds. The third kappa shape index (κ3) is 3.23. The summed E-state index contributed by atoms with van der Waals surface area (Å²) in [5.41, 5.74) is 0.713. The first-order valence-corrected chi connectivity index (χ1v) is 7.11.